The normalized spacial score (nSPS) is 26.7. The number of nitrogen functional groups attached to an aromatic ring is 1. The Morgan fingerprint density at radius 1 is 1.29 bits per heavy atom. The first-order chi connectivity index (χ1) is 8.08. The zero-order valence-electron chi connectivity index (χ0n) is 9.99. The molecule has 1 aromatic rings. The third kappa shape index (κ3) is 3.10. The van der Waals surface area contributed by atoms with E-state index in [1.54, 1.807) is 0 Å². The molecule has 0 heterocycles. The highest BCUT2D eigenvalue weighted by molar-refractivity contribution is 9.10. The second-order valence-corrected chi connectivity index (χ2v) is 7.48. The van der Waals surface area contributed by atoms with Gasteiger partial charge in [-0.1, -0.05) is 22.9 Å². The fourth-order valence-electron chi connectivity index (χ4n) is 2.33. The molecular weight excluding hydrogens is 298 g/mol. The van der Waals surface area contributed by atoms with Gasteiger partial charge >= 0.3 is 0 Å². The van der Waals surface area contributed by atoms with Crippen LogP contribution in [0.4, 0.5) is 5.69 Å². The monoisotopic (exact) mass is 315 g/mol. The molecule has 1 saturated carbocycles. The van der Waals surface area contributed by atoms with Gasteiger partial charge in [-0.2, -0.15) is 0 Å². The van der Waals surface area contributed by atoms with Gasteiger partial charge in [0.05, 0.1) is 15.7 Å². The summed E-state index contributed by atoms with van der Waals surface area (Å²) in [7, 11) is -0.950. The first kappa shape index (κ1) is 13.1. The van der Waals surface area contributed by atoms with Gasteiger partial charge in [0.2, 0.25) is 0 Å². The van der Waals surface area contributed by atoms with Crippen LogP contribution in [0.5, 0.6) is 0 Å². The summed E-state index contributed by atoms with van der Waals surface area (Å²) in [5.41, 5.74) is 6.57. The van der Waals surface area contributed by atoms with Crippen molar-refractivity contribution in [2.45, 2.75) is 42.8 Å². The third-order valence-corrected chi connectivity index (χ3v) is 5.83. The van der Waals surface area contributed by atoms with Gasteiger partial charge in [-0.15, -0.1) is 0 Å². The Bertz CT molecular complexity index is 427. The predicted octanol–water partition coefficient (Wildman–Crippen LogP) is 3.72. The molecule has 1 fully saturated rings. The second-order valence-electron chi connectivity index (χ2n) is 4.86. The standard InChI is InChI=1S/C13H18BrNOS/c1-9-2-5-11(6-3-9)17(16)13-7-4-10(14)8-12(13)15/h4,7-9,11H,2-3,5-6,15H2,1H3. The third-order valence-electron chi connectivity index (χ3n) is 3.45. The number of hydrogen-bond acceptors (Lipinski definition) is 2. The van der Waals surface area contributed by atoms with E-state index in [-0.39, 0.29) is 5.25 Å². The molecule has 0 spiro atoms. The van der Waals surface area contributed by atoms with Crippen LogP contribution < -0.4 is 5.73 Å². The van der Waals surface area contributed by atoms with E-state index in [2.05, 4.69) is 22.9 Å². The number of halogens is 1. The number of rotatable bonds is 2. The summed E-state index contributed by atoms with van der Waals surface area (Å²) < 4.78 is 13.4. The van der Waals surface area contributed by atoms with Crippen molar-refractivity contribution in [2.24, 2.45) is 5.92 Å². The van der Waals surface area contributed by atoms with Crippen molar-refractivity contribution in [2.75, 3.05) is 5.73 Å². The minimum absolute atomic E-state index is 0.287. The highest BCUT2D eigenvalue weighted by Gasteiger charge is 2.25. The summed E-state index contributed by atoms with van der Waals surface area (Å²) in [6.07, 6.45) is 4.49. The summed E-state index contributed by atoms with van der Waals surface area (Å²) in [6.45, 7) is 2.27. The molecule has 0 amide bonds. The lowest BCUT2D eigenvalue weighted by Crippen LogP contribution is -2.22. The van der Waals surface area contributed by atoms with Crippen LogP contribution in [0.1, 0.15) is 32.6 Å². The Labute approximate surface area is 114 Å². The maximum atomic E-state index is 12.5. The lowest BCUT2D eigenvalue weighted by atomic mass is 9.91. The summed E-state index contributed by atoms with van der Waals surface area (Å²) >= 11 is 3.37. The van der Waals surface area contributed by atoms with Gasteiger partial charge in [0, 0.05) is 15.4 Å². The topological polar surface area (TPSA) is 43.1 Å². The number of nitrogens with two attached hydrogens (primary N) is 1. The van der Waals surface area contributed by atoms with Crippen LogP contribution in [0.15, 0.2) is 27.6 Å². The van der Waals surface area contributed by atoms with Gasteiger partial charge in [0.15, 0.2) is 0 Å². The summed E-state index contributed by atoms with van der Waals surface area (Å²) in [4.78, 5) is 0.799. The van der Waals surface area contributed by atoms with Crippen LogP contribution in [0, 0.1) is 5.92 Å². The van der Waals surface area contributed by atoms with E-state index in [9.17, 15) is 4.21 Å². The van der Waals surface area contributed by atoms with Crippen LogP contribution in [0.3, 0.4) is 0 Å². The number of benzene rings is 1. The van der Waals surface area contributed by atoms with Gasteiger partial charge in [0.25, 0.3) is 0 Å². The Hall–Kier alpha value is -0.350. The highest BCUT2D eigenvalue weighted by atomic mass is 79.9. The fraction of sp³-hybridized carbons (Fsp3) is 0.538. The molecule has 0 radical (unpaired) electrons. The van der Waals surface area contributed by atoms with E-state index in [0.29, 0.717) is 5.69 Å². The molecular formula is C13H18BrNOS. The summed E-state index contributed by atoms with van der Waals surface area (Å²) in [5.74, 6) is 0.783. The molecule has 0 bridgehead atoms. The maximum absolute atomic E-state index is 12.5. The van der Waals surface area contributed by atoms with Gasteiger partial charge < -0.3 is 5.73 Å². The molecule has 0 saturated heterocycles. The molecule has 1 aliphatic rings. The van der Waals surface area contributed by atoms with E-state index < -0.39 is 10.8 Å². The van der Waals surface area contributed by atoms with Crippen LogP contribution in [-0.4, -0.2) is 9.46 Å². The van der Waals surface area contributed by atoms with Crippen molar-refractivity contribution in [1.29, 1.82) is 0 Å². The van der Waals surface area contributed by atoms with E-state index >= 15 is 0 Å². The molecule has 94 valence electrons. The molecule has 1 atom stereocenters. The SMILES string of the molecule is CC1CCC(S(=O)c2ccc(Br)cc2N)CC1. The second kappa shape index (κ2) is 5.53. The van der Waals surface area contributed by atoms with Crippen LogP contribution in [-0.2, 0) is 10.8 Å². The number of hydrogen-bond donors (Lipinski definition) is 1. The van der Waals surface area contributed by atoms with Gasteiger partial charge in [-0.05, 0) is 49.8 Å². The van der Waals surface area contributed by atoms with Gasteiger partial charge in [-0.25, -0.2) is 0 Å². The van der Waals surface area contributed by atoms with Crippen molar-refractivity contribution in [1.82, 2.24) is 0 Å². The van der Waals surface area contributed by atoms with Crippen molar-refractivity contribution in [3.05, 3.63) is 22.7 Å². The molecule has 2 N–H and O–H groups in total. The highest BCUT2D eigenvalue weighted by Crippen LogP contribution is 2.31. The average Bonchev–Trinajstić information content (AvgIpc) is 2.29. The van der Waals surface area contributed by atoms with Gasteiger partial charge in [-0.3, -0.25) is 4.21 Å². The van der Waals surface area contributed by atoms with Crippen LogP contribution >= 0.6 is 15.9 Å². The minimum atomic E-state index is -0.950. The van der Waals surface area contributed by atoms with E-state index in [0.717, 1.165) is 28.1 Å². The zero-order chi connectivity index (χ0) is 12.4. The van der Waals surface area contributed by atoms with Gasteiger partial charge in [0.1, 0.15) is 0 Å². The molecule has 1 unspecified atom stereocenters. The number of anilines is 1. The summed E-state index contributed by atoms with van der Waals surface area (Å²) in [5, 5.41) is 0.287. The largest absolute Gasteiger partial charge is 0.398 e. The lowest BCUT2D eigenvalue weighted by Gasteiger charge is -2.25. The van der Waals surface area contributed by atoms with Crippen LogP contribution in [0.2, 0.25) is 0 Å². The van der Waals surface area contributed by atoms with E-state index in [1.165, 1.54) is 12.8 Å². The van der Waals surface area contributed by atoms with Crippen molar-refractivity contribution in [3.63, 3.8) is 0 Å². The van der Waals surface area contributed by atoms with E-state index in [4.69, 9.17) is 5.73 Å². The van der Waals surface area contributed by atoms with Crippen molar-refractivity contribution in [3.8, 4) is 0 Å². The Morgan fingerprint density at radius 3 is 2.53 bits per heavy atom. The molecule has 1 aromatic carbocycles. The molecule has 0 aromatic heterocycles. The average molecular weight is 316 g/mol. The molecule has 17 heavy (non-hydrogen) atoms. The summed E-state index contributed by atoms with van der Waals surface area (Å²) in [6, 6.07) is 5.63. The van der Waals surface area contributed by atoms with Crippen LogP contribution in [0.25, 0.3) is 0 Å². The minimum Gasteiger partial charge on any atom is -0.398 e. The Morgan fingerprint density at radius 2 is 1.94 bits per heavy atom. The molecule has 2 nitrogen and oxygen atoms in total. The van der Waals surface area contributed by atoms with E-state index in [1.807, 2.05) is 18.2 Å². The fourth-order valence-corrected chi connectivity index (χ4v) is 4.26. The first-order valence-electron chi connectivity index (χ1n) is 6.03. The molecule has 1 aliphatic carbocycles. The van der Waals surface area contributed by atoms with Crippen molar-refractivity contribution >= 4 is 32.4 Å². The maximum Gasteiger partial charge on any atom is 0.0621 e. The predicted molar refractivity (Wildman–Crippen MR) is 76.4 cm³/mol. The molecule has 0 aliphatic heterocycles. The quantitative estimate of drug-likeness (QED) is 0.845. The Kier molecular flexibility index (Phi) is 4.26. The molecule has 2 rings (SSSR count). The van der Waals surface area contributed by atoms with Crippen molar-refractivity contribution < 1.29 is 4.21 Å². The lowest BCUT2D eigenvalue weighted by molar-refractivity contribution is 0.389. The Balaban J connectivity index is 2.14. The zero-order valence-corrected chi connectivity index (χ0v) is 12.4. The smallest absolute Gasteiger partial charge is 0.0621 e. The first-order valence-corrected chi connectivity index (χ1v) is 8.04. The molecule has 4 heteroatoms.